The Hall–Kier alpha value is -2.86. The van der Waals surface area contributed by atoms with Crippen LogP contribution in [0.3, 0.4) is 0 Å². The van der Waals surface area contributed by atoms with E-state index in [2.05, 4.69) is 5.32 Å². The van der Waals surface area contributed by atoms with E-state index in [0.29, 0.717) is 22.1 Å². The number of nitrogens with two attached hydrogens (primary N) is 1. The van der Waals surface area contributed by atoms with Crippen LogP contribution >= 0.6 is 12.2 Å². The summed E-state index contributed by atoms with van der Waals surface area (Å²) in [6, 6.07) is 16.8. The van der Waals surface area contributed by atoms with E-state index >= 15 is 0 Å². The van der Waals surface area contributed by atoms with E-state index in [4.69, 9.17) is 22.7 Å². The maximum atomic E-state index is 12.2. The number of anilines is 1. The predicted octanol–water partition coefficient (Wildman–Crippen LogP) is 2.89. The minimum absolute atomic E-state index is 0.427. The summed E-state index contributed by atoms with van der Waals surface area (Å²) in [7, 11) is 1.61. The quantitative estimate of drug-likeness (QED) is 0.828. The summed E-state index contributed by atoms with van der Waals surface area (Å²) in [4.78, 5) is 14.1. The van der Waals surface area contributed by atoms with Crippen LogP contribution in [0, 0.1) is 0 Å². The summed E-state index contributed by atoms with van der Waals surface area (Å²) in [5, 5.41) is 3.61. The third kappa shape index (κ3) is 3.21. The maximum absolute atomic E-state index is 12.2. The molecule has 2 aromatic carbocycles. The first kappa shape index (κ1) is 17.0. The first-order chi connectivity index (χ1) is 12.0. The molecule has 1 unspecified atom stereocenters. The molecule has 1 heterocycles. The highest BCUT2D eigenvalue weighted by molar-refractivity contribution is 7.80. The monoisotopic (exact) mass is 353 g/mol. The molecular formula is C19H19N3O2S. The normalized spacial score (nSPS) is 17.3. The summed E-state index contributed by atoms with van der Waals surface area (Å²) in [5.41, 5.74) is 8.59. The van der Waals surface area contributed by atoms with Crippen LogP contribution in [0.5, 0.6) is 5.75 Å². The van der Waals surface area contributed by atoms with Crippen molar-refractivity contribution in [2.24, 2.45) is 5.73 Å². The van der Waals surface area contributed by atoms with Gasteiger partial charge in [-0.1, -0.05) is 30.3 Å². The predicted molar refractivity (Wildman–Crippen MR) is 102 cm³/mol. The van der Waals surface area contributed by atoms with Crippen molar-refractivity contribution in [3.05, 3.63) is 71.4 Å². The van der Waals surface area contributed by atoms with E-state index in [1.54, 1.807) is 7.11 Å². The standard InChI is InChI=1S/C19H19N3O2S/c1-12-16(18(20)23)17(13-7-6-10-15(11-13)24-2)22(19(25)21-12)14-8-4-3-5-9-14/h3-11,17H,1-2H3,(H2,20,23)(H,21,25). The Morgan fingerprint density at radius 2 is 1.92 bits per heavy atom. The van der Waals surface area contributed by atoms with Crippen LogP contribution < -0.4 is 20.7 Å². The van der Waals surface area contributed by atoms with Crippen LogP contribution in [0.1, 0.15) is 18.5 Å². The fraction of sp³-hybridized carbons (Fsp3) is 0.158. The van der Waals surface area contributed by atoms with Gasteiger partial charge in [0.25, 0.3) is 0 Å². The number of thiocarbonyl (C=S) groups is 1. The molecule has 0 aliphatic carbocycles. The average molecular weight is 353 g/mol. The fourth-order valence-corrected chi connectivity index (χ4v) is 3.41. The summed E-state index contributed by atoms with van der Waals surface area (Å²) >= 11 is 5.56. The number of carbonyl (C=O) groups is 1. The van der Waals surface area contributed by atoms with Crippen LogP contribution in [-0.2, 0) is 4.79 Å². The third-order valence-electron chi connectivity index (χ3n) is 4.16. The van der Waals surface area contributed by atoms with Gasteiger partial charge in [0.1, 0.15) is 5.75 Å². The molecule has 0 spiro atoms. The van der Waals surface area contributed by atoms with Gasteiger partial charge < -0.3 is 20.7 Å². The molecule has 6 heteroatoms. The third-order valence-corrected chi connectivity index (χ3v) is 4.46. The van der Waals surface area contributed by atoms with E-state index in [0.717, 1.165) is 11.3 Å². The second-order valence-electron chi connectivity index (χ2n) is 5.72. The highest BCUT2D eigenvalue weighted by Gasteiger charge is 2.36. The maximum Gasteiger partial charge on any atom is 0.248 e. The molecule has 0 bridgehead atoms. The molecule has 1 aliphatic heterocycles. The van der Waals surface area contributed by atoms with Crippen molar-refractivity contribution in [1.82, 2.24) is 5.32 Å². The number of allylic oxidation sites excluding steroid dienone is 1. The van der Waals surface area contributed by atoms with Crippen molar-refractivity contribution in [3.63, 3.8) is 0 Å². The molecular weight excluding hydrogens is 334 g/mol. The smallest absolute Gasteiger partial charge is 0.248 e. The van der Waals surface area contributed by atoms with E-state index in [1.165, 1.54) is 0 Å². The van der Waals surface area contributed by atoms with E-state index in [1.807, 2.05) is 66.4 Å². The average Bonchev–Trinajstić information content (AvgIpc) is 2.61. The zero-order chi connectivity index (χ0) is 18.0. The van der Waals surface area contributed by atoms with Crippen molar-refractivity contribution in [2.45, 2.75) is 13.0 Å². The van der Waals surface area contributed by atoms with Crippen LogP contribution in [0.4, 0.5) is 5.69 Å². The Labute approximate surface area is 152 Å². The fourth-order valence-electron chi connectivity index (χ4n) is 3.04. The lowest BCUT2D eigenvalue weighted by molar-refractivity contribution is -0.114. The number of primary amides is 1. The molecule has 5 nitrogen and oxygen atoms in total. The molecule has 3 N–H and O–H groups in total. The number of amides is 1. The lowest BCUT2D eigenvalue weighted by atomic mass is 9.92. The van der Waals surface area contributed by atoms with Crippen molar-refractivity contribution in [3.8, 4) is 5.75 Å². The number of hydrogen-bond donors (Lipinski definition) is 2. The highest BCUT2D eigenvalue weighted by Crippen LogP contribution is 2.37. The summed E-state index contributed by atoms with van der Waals surface area (Å²) in [5.74, 6) is 0.220. The minimum Gasteiger partial charge on any atom is -0.497 e. The highest BCUT2D eigenvalue weighted by atomic mass is 32.1. The van der Waals surface area contributed by atoms with Crippen LogP contribution in [0.2, 0.25) is 0 Å². The van der Waals surface area contributed by atoms with Gasteiger partial charge >= 0.3 is 0 Å². The largest absolute Gasteiger partial charge is 0.497 e. The Morgan fingerprint density at radius 1 is 1.20 bits per heavy atom. The number of hydrogen-bond acceptors (Lipinski definition) is 3. The number of nitrogens with zero attached hydrogens (tertiary/aromatic N) is 1. The molecule has 2 aromatic rings. The molecule has 128 valence electrons. The second-order valence-corrected chi connectivity index (χ2v) is 6.10. The number of ether oxygens (including phenoxy) is 1. The van der Waals surface area contributed by atoms with Crippen LogP contribution in [0.25, 0.3) is 0 Å². The molecule has 0 aromatic heterocycles. The Bertz CT molecular complexity index is 849. The Balaban J connectivity index is 2.22. The molecule has 0 fully saturated rings. The lowest BCUT2D eigenvalue weighted by Gasteiger charge is -2.39. The summed E-state index contributed by atoms with van der Waals surface area (Å²) < 4.78 is 5.34. The van der Waals surface area contributed by atoms with Crippen molar-refractivity contribution >= 4 is 28.9 Å². The molecule has 1 atom stereocenters. The van der Waals surface area contributed by atoms with Gasteiger partial charge in [-0.3, -0.25) is 4.79 Å². The number of para-hydroxylation sites is 1. The molecule has 1 aliphatic rings. The van der Waals surface area contributed by atoms with Gasteiger partial charge in [-0.2, -0.15) is 0 Å². The zero-order valence-corrected chi connectivity index (χ0v) is 14.8. The van der Waals surface area contributed by atoms with Gasteiger partial charge in [-0.25, -0.2) is 0 Å². The van der Waals surface area contributed by atoms with Crippen molar-refractivity contribution in [2.75, 3.05) is 12.0 Å². The first-order valence-corrected chi connectivity index (χ1v) is 8.23. The first-order valence-electron chi connectivity index (χ1n) is 7.82. The summed E-state index contributed by atoms with van der Waals surface area (Å²) in [6.07, 6.45) is 0. The number of benzene rings is 2. The van der Waals surface area contributed by atoms with Gasteiger partial charge in [-0.15, -0.1) is 0 Å². The number of nitrogens with one attached hydrogen (secondary N) is 1. The van der Waals surface area contributed by atoms with Gasteiger partial charge in [0.2, 0.25) is 5.91 Å². The molecule has 0 saturated carbocycles. The number of methoxy groups -OCH3 is 1. The molecule has 25 heavy (non-hydrogen) atoms. The van der Waals surface area contributed by atoms with Gasteiger partial charge in [0.05, 0.1) is 18.7 Å². The Morgan fingerprint density at radius 3 is 2.56 bits per heavy atom. The topological polar surface area (TPSA) is 67.6 Å². The zero-order valence-electron chi connectivity index (χ0n) is 14.0. The summed E-state index contributed by atoms with van der Waals surface area (Å²) in [6.45, 7) is 1.81. The minimum atomic E-state index is -0.485. The van der Waals surface area contributed by atoms with E-state index in [9.17, 15) is 4.79 Å². The Kier molecular flexibility index (Phi) is 4.72. The molecule has 0 radical (unpaired) electrons. The molecule has 1 amide bonds. The van der Waals surface area contributed by atoms with Crippen molar-refractivity contribution < 1.29 is 9.53 Å². The number of rotatable bonds is 4. The van der Waals surface area contributed by atoms with Gasteiger partial charge in [-0.05, 0) is 49.0 Å². The SMILES string of the molecule is COc1cccc(C2C(C(N)=O)=C(C)NC(=S)N2c2ccccc2)c1. The van der Waals surface area contributed by atoms with Crippen LogP contribution in [-0.4, -0.2) is 18.1 Å². The van der Waals surface area contributed by atoms with Gasteiger partial charge in [0, 0.05) is 11.4 Å². The van der Waals surface area contributed by atoms with E-state index in [-0.39, 0.29) is 0 Å². The second kappa shape index (κ2) is 6.94. The van der Waals surface area contributed by atoms with Crippen molar-refractivity contribution in [1.29, 1.82) is 0 Å². The van der Waals surface area contributed by atoms with E-state index < -0.39 is 11.9 Å². The molecule has 0 saturated heterocycles. The number of carbonyl (C=O) groups excluding carboxylic acids is 1. The van der Waals surface area contributed by atoms with Crippen LogP contribution in [0.15, 0.2) is 65.9 Å². The molecule has 3 rings (SSSR count). The lowest BCUT2D eigenvalue weighted by Crippen LogP contribution is -2.49. The van der Waals surface area contributed by atoms with Gasteiger partial charge in [0.15, 0.2) is 5.11 Å².